The summed E-state index contributed by atoms with van der Waals surface area (Å²) in [6, 6.07) is 16.4. The Morgan fingerprint density at radius 3 is 2.45 bits per heavy atom. The molecule has 0 bridgehead atoms. The Bertz CT molecular complexity index is 1590. The van der Waals surface area contributed by atoms with E-state index in [1.807, 2.05) is 0 Å². The van der Waals surface area contributed by atoms with Gasteiger partial charge < -0.3 is 16.2 Å². The van der Waals surface area contributed by atoms with Crippen LogP contribution in [0.4, 0.5) is 0 Å². The second kappa shape index (κ2) is 12.6. The van der Waals surface area contributed by atoms with Crippen molar-refractivity contribution in [2.45, 2.75) is 18.9 Å². The van der Waals surface area contributed by atoms with Crippen LogP contribution in [0.2, 0.25) is 5.02 Å². The van der Waals surface area contributed by atoms with Crippen LogP contribution in [0.3, 0.4) is 0 Å². The Morgan fingerprint density at radius 1 is 1.00 bits per heavy atom. The molecule has 4 rings (SSSR count). The first-order chi connectivity index (χ1) is 19.2. The summed E-state index contributed by atoms with van der Waals surface area (Å²) in [5.74, 6) is -2.55. The van der Waals surface area contributed by atoms with Gasteiger partial charge in [-0.25, -0.2) is 4.79 Å². The van der Waals surface area contributed by atoms with Crippen LogP contribution in [0.15, 0.2) is 79.1 Å². The lowest BCUT2D eigenvalue weighted by molar-refractivity contribution is -0.125. The fraction of sp³-hybridized carbons (Fsp3) is 0.107. The Hall–Kier alpha value is -5.16. The van der Waals surface area contributed by atoms with E-state index < -0.39 is 23.8 Å². The molecule has 4 aromatic rings. The lowest BCUT2D eigenvalue weighted by Gasteiger charge is -2.18. The Morgan fingerprint density at radius 2 is 1.77 bits per heavy atom. The zero-order valence-electron chi connectivity index (χ0n) is 20.9. The van der Waals surface area contributed by atoms with Crippen molar-refractivity contribution in [1.29, 1.82) is 0 Å². The summed E-state index contributed by atoms with van der Waals surface area (Å²) in [7, 11) is 0. The number of hydrogen-bond donors (Lipinski definition) is 3. The van der Waals surface area contributed by atoms with Crippen LogP contribution >= 0.6 is 11.6 Å². The van der Waals surface area contributed by atoms with Gasteiger partial charge in [0.15, 0.2) is 5.78 Å². The number of carboxylic acids is 1. The van der Waals surface area contributed by atoms with Crippen molar-refractivity contribution < 1.29 is 24.3 Å². The molecule has 1 atom stereocenters. The Labute approximate surface area is 233 Å². The van der Waals surface area contributed by atoms with Crippen molar-refractivity contribution in [3.63, 3.8) is 0 Å². The predicted molar refractivity (Wildman–Crippen MR) is 146 cm³/mol. The number of ketones is 1. The van der Waals surface area contributed by atoms with E-state index in [1.165, 1.54) is 35.3 Å². The molecule has 0 aliphatic rings. The van der Waals surface area contributed by atoms with Crippen molar-refractivity contribution in [3.05, 3.63) is 112 Å². The van der Waals surface area contributed by atoms with Crippen LogP contribution < -0.4 is 11.1 Å². The number of tetrazole rings is 1. The van der Waals surface area contributed by atoms with Gasteiger partial charge in [0.25, 0.3) is 0 Å². The molecule has 2 amide bonds. The number of halogens is 1. The molecule has 0 fully saturated rings. The summed E-state index contributed by atoms with van der Waals surface area (Å²) in [5.41, 5.74) is 8.11. The van der Waals surface area contributed by atoms with Gasteiger partial charge in [-0.3, -0.25) is 14.4 Å². The molecule has 0 unspecified atom stereocenters. The summed E-state index contributed by atoms with van der Waals surface area (Å²) < 4.78 is 1.42. The fourth-order valence-corrected chi connectivity index (χ4v) is 4.13. The number of aromatic carboxylic acids is 1. The standard InChI is InChI=1S/C28H23ClN6O5/c29-22-9-10-24(35-16-31-33-34-35)20(15-22)8-11-26(37)32-23(13-18-2-1-3-21(12-18)27(30)38)25(36)14-17-4-6-19(7-5-17)28(39)40/h1-12,15-16,23H,13-14H2,(H2,30,38)(H,32,37)(H,39,40)/b11-8+/t23-/m0/s1. The minimum absolute atomic E-state index is 0.0538. The summed E-state index contributed by atoms with van der Waals surface area (Å²) in [5, 5.41) is 23.4. The first-order valence-electron chi connectivity index (χ1n) is 11.9. The Balaban J connectivity index is 1.56. The number of hydrogen-bond acceptors (Lipinski definition) is 7. The van der Waals surface area contributed by atoms with Gasteiger partial charge in [0.05, 0.1) is 17.3 Å². The third-order valence-electron chi connectivity index (χ3n) is 5.94. The van der Waals surface area contributed by atoms with Gasteiger partial charge in [-0.2, -0.15) is 4.68 Å². The predicted octanol–water partition coefficient (Wildman–Crippen LogP) is 2.67. The molecule has 40 heavy (non-hydrogen) atoms. The molecule has 12 heteroatoms. The number of primary amides is 1. The number of amides is 2. The second-order valence-electron chi connectivity index (χ2n) is 8.77. The molecule has 4 N–H and O–H groups in total. The number of nitrogens with one attached hydrogen (secondary N) is 1. The van der Waals surface area contributed by atoms with E-state index in [9.17, 15) is 19.2 Å². The number of nitrogens with zero attached hydrogens (tertiary/aromatic N) is 4. The maximum absolute atomic E-state index is 13.3. The van der Waals surface area contributed by atoms with Gasteiger partial charge in [-0.15, -0.1) is 5.10 Å². The van der Waals surface area contributed by atoms with Crippen LogP contribution in [-0.4, -0.2) is 54.9 Å². The molecule has 0 radical (unpaired) electrons. The summed E-state index contributed by atoms with van der Waals surface area (Å²) in [6.45, 7) is 0. The number of rotatable bonds is 11. The summed E-state index contributed by atoms with van der Waals surface area (Å²) >= 11 is 6.14. The fourth-order valence-electron chi connectivity index (χ4n) is 3.95. The van der Waals surface area contributed by atoms with Crippen LogP contribution in [0, 0.1) is 0 Å². The van der Waals surface area contributed by atoms with Crippen LogP contribution in [0.25, 0.3) is 11.8 Å². The minimum atomic E-state index is -1.08. The van der Waals surface area contributed by atoms with E-state index in [4.69, 9.17) is 22.4 Å². The molecule has 0 aliphatic carbocycles. The monoisotopic (exact) mass is 558 g/mol. The number of carboxylic acid groups (broad SMARTS) is 1. The summed E-state index contributed by atoms with van der Waals surface area (Å²) in [6.07, 6.45) is 4.24. The van der Waals surface area contributed by atoms with Gasteiger partial charge in [-0.1, -0.05) is 35.9 Å². The Kier molecular flexibility index (Phi) is 8.77. The largest absolute Gasteiger partial charge is 0.478 e. The average Bonchev–Trinajstić information content (AvgIpc) is 3.47. The van der Waals surface area contributed by atoms with Crippen molar-refractivity contribution in [1.82, 2.24) is 25.5 Å². The van der Waals surface area contributed by atoms with E-state index in [1.54, 1.807) is 54.6 Å². The van der Waals surface area contributed by atoms with E-state index in [0.29, 0.717) is 27.4 Å². The number of carbonyl (C=O) groups is 4. The van der Waals surface area contributed by atoms with Gasteiger partial charge in [-0.05, 0) is 76.5 Å². The first kappa shape index (κ1) is 27.9. The highest BCUT2D eigenvalue weighted by atomic mass is 35.5. The maximum Gasteiger partial charge on any atom is 0.335 e. The minimum Gasteiger partial charge on any atom is -0.478 e. The zero-order chi connectivity index (χ0) is 28.6. The SMILES string of the molecule is NC(=O)c1cccc(C[C@H](NC(=O)/C=C/c2cc(Cl)ccc2-n2cnnn2)C(=O)Cc2ccc(C(=O)O)cc2)c1. The topological polar surface area (TPSA) is 170 Å². The van der Waals surface area contributed by atoms with Crippen LogP contribution in [0.1, 0.15) is 37.4 Å². The maximum atomic E-state index is 13.3. The van der Waals surface area contributed by atoms with Crippen LogP contribution in [0.5, 0.6) is 0 Å². The number of Topliss-reactive ketones (excluding diaryl/α,β-unsaturated/α-hetero) is 1. The van der Waals surface area contributed by atoms with Gasteiger partial charge in [0, 0.05) is 28.6 Å². The number of carbonyl (C=O) groups excluding carboxylic acids is 3. The van der Waals surface area contributed by atoms with Crippen molar-refractivity contribution >= 4 is 41.2 Å². The van der Waals surface area contributed by atoms with Gasteiger partial charge >= 0.3 is 5.97 Å². The second-order valence-corrected chi connectivity index (χ2v) is 9.20. The smallest absolute Gasteiger partial charge is 0.335 e. The molecule has 3 aromatic carbocycles. The highest BCUT2D eigenvalue weighted by Crippen LogP contribution is 2.20. The zero-order valence-corrected chi connectivity index (χ0v) is 21.7. The molecule has 1 heterocycles. The highest BCUT2D eigenvalue weighted by Gasteiger charge is 2.21. The van der Waals surface area contributed by atoms with Gasteiger partial charge in [0.2, 0.25) is 11.8 Å². The third-order valence-corrected chi connectivity index (χ3v) is 6.17. The number of benzene rings is 3. The summed E-state index contributed by atoms with van der Waals surface area (Å²) in [4.78, 5) is 49.1. The number of nitrogens with two attached hydrogens (primary N) is 1. The first-order valence-corrected chi connectivity index (χ1v) is 12.3. The van der Waals surface area contributed by atoms with Crippen molar-refractivity contribution in [2.75, 3.05) is 0 Å². The molecule has 0 saturated carbocycles. The quantitative estimate of drug-likeness (QED) is 0.236. The molecular formula is C28H23ClN6O5. The molecule has 1 aromatic heterocycles. The normalized spacial score (nSPS) is 11.7. The molecule has 0 saturated heterocycles. The molecule has 11 nitrogen and oxygen atoms in total. The van der Waals surface area contributed by atoms with Crippen molar-refractivity contribution in [2.24, 2.45) is 5.73 Å². The van der Waals surface area contributed by atoms with E-state index in [2.05, 4.69) is 20.8 Å². The van der Waals surface area contributed by atoms with Crippen LogP contribution in [-0.2, 0) is 22.4 Å². The molecule has 0 aliphatic heterocycles. The highest BCUT2D eigenvalue weighted by molar-refractivity contribution is 6.30. The lowest BCUT2D eigenvalue weighted by atomic mass is 9.96. The van der Waals surface area contributed by atoms with E-state index >= 15 is 0 Å². The lowest BCUT2D eigenvalue weighted by Crippen LogP contribution is -2.42. The third kappa shape index (κ3) is 7.23. The molecule has 0 spiro atoms. The molecular weight excluding hydrogens is 536 g/mol. The molecule has 202 valence electrons. The van der Waals surface area contributed by atoms with E-state index in [-0.39, 0.29) is 29.8 Å². The van der Waals surface area contributed by atoms with E-state index in [0.717, 1.165) is 0 Å². The number of aromatic nitrogens is 4. The van der Waals surface area contributed by atoms with Crippen molar-refractivity contribution in [3.8, 4) is 5.69 Å². The van der Waals surface area contributed by atoms with Gasteiger partial charge in [0.1, 0.15) is 6.33 Å². The average molecular weight is 559 g/mol.